The minimum atomic E-state index is -0.984. The van der Waals surface area contributed by atoms with Gasteiger partial charge >= 0.3 is 17.9 Å². The predicted molar refractivity (Wildman–Crippen MR) is 199 cm³/mol. The Labute approximate surface area is 307 Å². The molecule has 0 saturated carbocycles. The number of aromatic carboxylic acids is 1. The molecule has 0 aromatic heterocycles. The van der Waals surface area contributed by atoms with Crippen molar-refractivity contribution in [1.29, 1.82) is 0 Å². The monoisotopic (exact) mass is 742 g/mol. The summed E-state index contributed by atoms with van der Waals surface area (Å²) in [5.74, 6) is -0.509. The molecule has 0 radical (unpaired) electrons. The van der Waals surface area contributed by atoms with E-state index < -0.39 is 11.2 Å². The molecule has 0 amide bonds. The van der Waals surface area contributed by atoms with Crippen LogP contribution in [-0.4, -0.2) is 56.7 Å². The van der Waals surface area contributed by atoms with Crippen LogP contribution in [0.3, 0.4) is 0 Å². The van der Waals surface area contributed by atoms with Crippen LogP contribution in [0.2, 0.25) is 0 Å². The van der Waals surface area contributed by atoms with Crippen LogP contribution in [0.25, 0.3) is 0 Å². The Morgan fingerprint density at radius 3 is 1.80 bits per heavy atom. The van der Waals surface area contributed by atoms with E-state index >= 15 is 0 Å². The van der Waals surface area contributed by atoms with Crippen molar-refractivity contribution in [2.75, 3.05) is 28.4 Å². The SMILES string of the molecule is C=C(/C=C(/Sc1cccc(CCC(=O)OC)c1)C(=C)C(=O)Cl)OC.CC.COC(=O)CCc1cccc(Sc2cc(OC)ccc2C(=O)O)c1. The molecule has 268 valence electrons. The number of carbonyl (C=O) groups is 4. The van der Waals surface area contributed by atoms with Crippen molar-refractivity contribution in [3.8, 4) is 5.75 Å². The number of allylic oxidation sites excluding steroid dienone is 2. The minimum absolute atomic E-state index is 0.167. The van der Waals surface area contributed by atoms with E-state index in [4.69, 9.17) is 21.1 Å². The van der Waals surface area contributed by atoms with E-state index in [-0.39, 0.29) is 23.1 Å². The smallest absolute Gasteiger partial charge is 0.336 e. The number of esters is 2. The number of ether oxygens (including phenoxy) is 4. The van der Waals surface area contributed by atoms with Gasteiger partial charge in [0.15, 0.2) is 0 Å². The number of hydrogen-bond donors (Lipinski definition) is 1. The Morgan fingerprint density at radius 1 is 0.780 bits per heavy atom. The molecular weight excluding hydrogens is 700 g/mol. The Kier molecular flexibility index (Phi) is 20.8. The number of benzene rings is 3. The first kappa shape index (κ1) is 43.6. The third kappa shape index (κ3) is 15.8. The first-order chi connectivity index (χ1) is 23.9. The third-order valence-electron chi connectivity index (χ3n) is 6.45. The number of thioether (sulfide) groups is 1. The molecule has 0 fully saturated rings. The number of aryl methyl sites for hydroxylation is 2. The van der Waals surface area contributed by atoms with Gasteiger partial charge in [0.1, 0.15) is 11.5 Å². The fourth-order valence-corrected chi connectivity index (χ4v) is 6.08. The molecule has 0 aliphatic rings. The summed E-state index contributed by atoms with van der Waals surface area (Å²) in [7, 11) is 5.76. The molecule has 0 aliphatic heterocycles. The number of carbonyl (C=O) groups excluding carboxylic acids is 3. The van der Waals surface area contributed by atoms with Crippen LogP contribution in [0.5, 0.6) is 5.75 Å². The first-order valence-corrected chi connectivity index (χ1v) is 17.3. The number of carboxylic acids is 1. The van der Waals surface area contributed by atoms with Gasteiger partial charge in [0.25, 0.3) is 5.24 Å². The normalized spacial score (nSPS) is 10.3. The van der Waals surface area contributed by atoms with Gasteiger partial charge in [0.2, 0.25) is 0 Å². The largest absolute Gasteiger partial charge is 0.497 e. The van der Waals surface area contributed by atoms with Gasteiger partial charge in [-0.3, -0.25) is 14.4 Å². The van der Waals surface area contributed by atoms with Gasteiger partial charge in [0.05, 0.1) is 34.0 Å². The lowest BCUT2D eigenvalue weighted by atomic mass is 10.1. The van der Waals surface area contributed by atoms with Crippen LogP contribution in [0.1, 0.15) is 48.2 Å². The van der Waals surface area contributed by atoms with Gasteiger partial charge in [-0.25, -0.2) is 4.79 Å². The Hall–Kier alpha value is -4.45. The van der Waals surface area contributed by atoms with Gasteiger partial charge < -0.3 is 24.1 Å². The Bertz CT molecular complexity index is 1670. The van der Waals surface area contributed by atoms with Gasteiger partial charge in [0, 0.05) is 38.0 Å². The van der Waals surface area contributed by atoms with E-state index in [2.05, 4.69) is 22.6 Å². The van der Waals surface area contributed by atoms with Crippen LogP contribution in [0.15, 0.2) is 117 Å². The lowest BCUT2D eigenvalue weighted by Crippen LogP contribution is -2.02. The fraction of sp³-hybridized carbons (Fsp3) is 0.263. The van der Waals surface area contributed by atoms with Crippen molar-refractivity contribution in [3.05, 3.63) is 119 Å². The topological polar surface area (TPSA) is 125 Å². The predicted octanol–water partition coefficient (Wildman–Crippen LogP) is 8.93. The summed E-state index contributed by atoms with van der Waals surface area (Å²) in [6.45, 7) is 11.4. The molecule has 0 atom stereocenters. The number of hydrogen-bond acceptors (Lipinski definition) is 10. The minimum Gasteiger partial charge on any atom is -0.497 e. The summed E-state index contributed by atoms with van der Waals surface area (Å²) in [6.07, 6.45) is 3.37. The van der Waals surface area contributed by atoms with Crippen LogP contribution < -0.4 is 4.74 Å². The molecule has 1 N–H and O–H groups in total. The van der Waals surface area contributed by atoms with Gasteiger partial charge in [-0.2, -0.15) is 0 Å². The van der Waals surface area contributed by atoms with Crippen molar-refractivity contribution in [3.63, 3.8) is 0 Å². The third-order valence-corrected chi connectivity index (χ3v) is 8.80. The van der Waals surface area contributed by atoms with Gasteiger partial charge in [-0.15, -0.1) is 0 Å². The second-order valence-electron chi connectivity index (χ2n) is 9.75. The molecule has 0 spiro atoms. The highest BCUT2D eigenvalue weighted by atomic mass is 35.5. The van der Waals surface area contributed by atoms with Crippen molar-refractivity contribution in [2.24, 2.45) is 0 Å². The van der Waals surface area contributed by atoms with Crippen LogP contribution in [0, 0.1) is 0 Å². The van der Waals surface area contributed by atoms with Crippen molar-refractivity contribution in [2.45, 2.75) is 54.2 Å². The highest BCUT2D eigenvalue weighted by Crippen LogP contribution is 2.35. The molecule has 0 heterocycles. The zero-order valence-corrected chi connectivity index (χ0v) is 31.5. The molecule has 3 rings (SSSR count). The fourth-order valence-electron chi connectivity index (χ4n) is 3.85. The summed E-state index contributed by atoms with van der Waals surface area (Å²) >= 11 is 8.20. The highest BCUT2D eigenvalue weighted by molar-refractivity contribution is 8.03. The molecule has 3 aromatic rings. The summed E-state index contributed by atoms with van der Waals surface area (Å²) in [6, 6.07) is 20.1. The number of rotatable bonds is 16. The molecule has 0 aliphatic carbocycles. The maximum Gasteiger partial charge on any atom is 0.336 e. The lowest BCUT2D eigenvalue weighted by molar-refractivity contribution is -0.141. The Morgan fingerprint density at radius 2 is 1.32 bits per heavy atom. The van der Waals surface area contributed by atoms with Crippen LogP contribution >= 0.6 is 35.1 Å². The number of halogens is 1. The molecule has 0 unspecified atom stereocenters. The Balaban J connectivity index is 0.000000476. The molecule has 9 nitrogen and oxygen atoms in total. The lowest BCUT2D eigenvalue weighted by Gasteiger charge is -2.10. The molecule has 0 saturated heterocycles. The molecule has 50 heavy (non-hydrogen) atoms. The van der Waals surface area contributed by atoms with E-state index in [1.165, 1.54) is 58.0 Å². The zero-order chi connectivity index (χ0) is 37.6. The maximum atomic E-state index is 11.4. The zero-order valence-electron chi connectivity index (χ0n) is 29.1. The van der Waals surface area contributed by atoms with Gasteiger partial charge in [-0.1, -0.05) is 74.8 Å². The van der Waals surface area contributed by atoms with Crippen LogP contribution in [0.4, 0.5) is 0 Å². The van der Waals surface area contributed by atoms with Gasteiger partial charge in [-0.05, 0) is 84.1 Å². The van der Waals surface area contributed by atoms with Crippen LogP contribution in [-0.2, 0) is 41.4 Å². The van der Waals surface area contributed by atoms with E-state index in [0.717, 1.165) is 20.9 Å². The van der Waals surface area contributed by atoms with E-state index in [1.807, 2.05) is 62.4 Å². The number of methoxy groups -OCH3 is 4. The molecule has 3 aromatic carbocycles. The molecule has 12 heteroatoms. The van der Waals surface area contributed by atoms with Crippen molar-refractivity contribution >= 4 is 58.3 Å². The highest BCUT2D eigenvalue weighted by Gasteiger charge is 2.14. The summed E-state index contributed by atoms with van der Waals surface area (Å²) < 4.78 is 19.5. The van der Waals surface area contributed by atoms with E-state index in [9.17, 15) is 24.3 Å². The molecule has 0 bridgehead atoms. The number of carboxylic acid groups (broad SMARTS) is 1. The summed E-state index contributed by atoms with van der Waals surface area (Å²) in [5.41, 5.74) is 2.36. The van der Waals surface area contributed by atoms with Crippen molar-refractivity contribution in [1.82, 2.24) is 0 Å². The quantitative estimate of drug-likeness (QED) is 0.0378. The van der Waals surface area contributed by atoms with Crippen molar-refractivity contribution < 1.29 is 43.2 Å². The second-order valence-corrected chi connectivity index (χ2v) is 12.3. The average Bonchev–Trinajstić information content (AvgIpc) is 3.13. The summed E-state index contributed by atoms with van der Waals surface area (Å²) in [5, 5.41) is 8.69. The van der Waals surface area contributed by atoms with E-state index in [1.54, 1.807) is 18.2 Å². The first-order valence-electron chi connectivity index (χ1n) is 15.3. The standard InChI is InChI=1S/C18H19ClO4S.C18H18O5S.C2H6/c1-12(22-3)10-16(13(2)18(19)21)24-15-7-5-6-14(11-15)8-9-17(20)23-4;1-22-13-7-8-15(18(20)21)16(11-13)24-14-5-3-4-12(10-14)6-9-17(19)23-2;1-2/h5-7,10-11H,1-2,8-9H2,3-4H3;3-5,7-8,10-11H,6,9H2,1-2H3,(H,20,21);1-2H3/b16-10+;;. The summed E-state index contributed by atoms with van der Waals surface area (Å²) in [4.78, 5) is 48.2. The second kappa shape index (κ2) is 23.8. The molecular formula is C38H43ClO9S2. The average molecular weight is 743 g/mol. The maximum absolute atomic E-state index is 11.4. The van der Waals surface area contributed by atoms with E-state index in [0.29, 0.717) is 47.0 Å².